The molecule has 1 fully saturated rings. The number of pyridine rings is 1. The maximum Gasteiger partial charge on any atom is 0.194 e. The normalized spacial score (nSPS) is 16.1. The molecule has 1 N–H and O–H groups in total. The summed E-state index contributed by atoms with van der Waals surface area (Å²) < 4.78 is 11.9. The van der Waals surface area contributed by atoms with Crippen molar-refractivity contribution in [2.45, 2.75) is 26.2 Å². The maximum absolute atomic E-state index is 6.06. The monoisotopic (exact) mass is 558 g/mol. The van der Waals surface area contributed by atoms with Crippen molar-refractivity contribution in [1.29, 1.82) is 0 Å². The fourth-order valence-electron chi connectivity index (χ4n) is 3.84. The van der Waals surface area contributed by atoms with Crippen LogP contribution in [0.25, 0.3) is 0 Å². The Bertz CT molecular complexity index is 1030. The zero-order valence-electron chi connectivity index (χ0n) is 19.1. The van der Waals surface area contributed by atoms with Gasteiger partial charge in [-0.15, -0.1) is 24.0 Å². The van der Waals surface area contributed by atoms with Crippen LogP contribution in [0.5, 0.6) is 5.75 Å². The molecule has 1 atom stereocenters. The molecule has 0 amide bonds. The lowest BCUT2D eigenvalue weighted by Crippen LogP contribution is -2.48. The third kappa shape index (κ3) is 6.91. The van der Waals surface area contributed by atoms with E-state index in [1.807, 2.05) is 37.4 Å². The fourth-order valence-corrected chi connectivity index (χ4v) is 3.84. The molecule has 0 radical (unpaired) electrons. The van der Waals surface area contributed by atoms with E-state index in [-0.39, 0.29) is 30.1 Å². The van der Waals surface area contributed by atoms with Gasteiger partial charge >= 0.3 is 0 Å². The number of morpholine rings is 1. The largest absolute Gasteiger partial charge is 0.487 e. The van der Waals surface area contributed by atoms with Crippen LogP contribution < -0.4 is 10.1 Å². The number of aliphatic imine (C=N–C) groups is 1. The summed E-state index contributed by atoms with van der Waals surface area (Å²) in [6.45, 7) is 5.58. The number of rotatable bonds is 6. The van der Waals surface area contributed by atoms with E-state index in [2.05, 4.69) is 63.5 Å². The Hall–Kier alpha value is -2.65. The third-order valence-corrected chi connectivity index (χ3v) is 5.60. The predicted octanol–water partition coefficient (Wildman–Crippen LogP) is 4.74. The summed E-state index contributed by atoms with van der Waals surface area (Å²) in [5.74, 6) is 1.72. The van der Waals surface area contributed by atoms with Gasteiger partial charge in [0.2, 0.25) is 0 Å². The summed E-state index contributed by atoms with van der Waals surface area (Å²) in [6.07, 6.45) is 1.83. The first-order valence-electron chi connectivity index (χ1n) is 11.0. The molecule has 1 aliphatic heterocycles. The Morgan fingerprint density at radius 1 is 1.12 bits per heavy atom. The predicted molar refractivity (Wildman–Crippen MR) is 142 cm³/mol. The lowest BCUT2D eigenvalue weighted by molar-refractivity contribution is -0.00833. The second-order valence-corrected chi connectivity index (χ2v) is 7.82. The molecule has 0 aliphatic carbocycles. The fraction of sp³-hybridized carbons (Fsp3) is 0.308. The number of nitrogens with zero attached hydrogens (tertiary/aromatic N) is 3. The van der Waals surface area contributed by atoms with Crippen molar-refractivity contribution in [2.24, 2.45) is 4.99 Å². The maximum atomic E-state index is 6.06. The molecule has 1 saturated heterocycles. The van der Waals surface area contributed by atoms with Gasteiger partial charge < -0.3 is 19.7 Å². The van der Waals surface area contributed by atoms with Crippen LogP contribution >= 0.6 is 24.0 Å². The quantitative estimate of drug-likeness (QED) is 0.269. The number of ether oxygens (including phenoxy) is 2. The molecule has 2 aromatic carbocycles. The molecule has 1 aliphatic rings. The van der Waals surface area contributed by atoms with Gasteiger partial charge in [0, 0.05) is 26.3 Å². The van der Waals surface area contributed by atoms with Crippen molar-refractivity contribution in [3.8, 4) is 5.75 Å². The smallest absolute Gasteiger partial charge is 0.194 e. The minimum Gasteiger partial charge on any atom is -0.487 e. The summed E-state index contributed by atoms with van der Waals surface area (Å²) >= 11 is 0. The summed E-state index contributed by atoms with van der Waals surface area (Å²) in [4.78, 5) is 11.1. The van der Waals surface area contributed by atoms with Crippen molar-refractivity contribution in [3.05, 3.63) is 95.3 Å². The van der Waals surface area contributed by atoms with Crippen molar-refractivity contribution >= 4 is 29.9 Å². The molecule has 1 aromatic heterocycles. The molecule has 0 spiro atoms. The van der Waals surface area contributed by atoms with Crippen molar-refractivity contribution < 1.29 is 9.47 Å². The van der Waals surface area contributed by atoms with E-state index in [1.54, 1.807) is 6.20 Å². The highest BCUT2D eigenvalue weighted by molar-refractivity contribution is 14.0. The molecule has 0 saturated carbocycles. The average molecular weight is 558 g/mol. The lowest BCUT2D eigenvalue weighted by atomic mass is 10.0. The van der Waals surface area contributed by atoms with Gasteiger partial charge in [0.05, 0.1) is 18.8 Å². The highest BCUT2D eigenvalue weighted by Crippen LogP contribution is 2.25. The minimum atomic E-state index is 0. The first-order valence-corrected chi connectivity index (χ1v) is 11.0. The standard InChI is InChI=1S/C26H30N4O2.HI/c1-20-7-3-4-9-24(20)25-18-30(15-16-31-25)26(27-2)29-17-21-10-12-23(13-11-21)32-19-22-8-5-6-14-28-22;/h3-14,25H,15-19H2,1-2H3,(H,27,29);1H. The van der Waals surface area contributed by atoms with E-state index in [4.69, 9.17) is 9.47 Å². The highest BCUT2D eigenvalue weighted by Gasteiger charge is 2.25. The zero-order valence-corrected chi connectivity index (χ0v) is 21.4. The second-order valence-electron chi connectivity index (χ2n) is 7.82. The molecular formula is C26H31IN4O2. The van der Waals surface area contributed by atoms with Crippen LogP contribution in [0.3, 0.4) is 0 Å². The number of halogens is 1. The molecule has 7 heteroatoms. The van der Waals surface area contributed by atoms with Gasteiger partial charge in [-0.2, -0.15) is 0 Å². The summed E-state index contributed by atoms with van der Waals surface area (Å²) in [5.41, 5.74) is 4.58. The molecule has 1 unspecified atom stereocenters. The first-order chi connectivity index (χ1) is 15.7. The number of guanidine groups is 1. The van der Waals surface area contributed by atoms with E-state index in [1.165, 1.54) is 16.7 Å². The van der Waals surface area contributed by atoms with E-state index in [9.17, 15) is 0 Å². The Morgan fingerprint density at radius 3 is 2.64 bits per heavy atom. The number of aromatic nitrogens is 1. The number of aryl methyl sites for hydroxylation is 1. The third-order valence-electron chi connectivity index (χ3n) is 5.60. The van der Waals surface area contributed by atoms with Crippen LogP contribution in [0.4, 0.5) is 0 Å². The van der Waals surface area contributed by atoms with Crippen LogP contribution in [0.2, 0.25) is 0 Å². The van der Waals surface area contributed by atoms with E-state index in [0.717, 1.165) is 30.5 Å². The van der Waals surface area contributed by atoms with Crippen molar-refractivity contribution in [1.82, 2.24) is 15.2 Å². The number of hydrogen-bond acceptors (Lipinski definition) is 4. The highest BCUT2D eigenvalue weighted by atomic mass is 127. The lowest BCUT2D eigenvalue weighted by Gasteiger charge is -2.35. The van der Waals surface area contributed by atoms with Gasteiger partial charge in [0.15, 0.2) is 5.96 Å². The SMILES string of the molecule is CN=C(NCc1ccc(OCc2ccccn2)cc1)N1CCOC(c2ccccc2C)C1.I. The van der Waals surface area contributed by atoms with Gasteiger partial charge in [-0.05, 0) is 47.9 Å². The Balaban J connectivity index is 0.00000306. The van der Waals surface area contributed by atoms with Gasteiger partial charge in [-0.3, -0.25) is 9.98 Å². The molecule has 0 bridgehead atoms. The van der Waals surface area contributed by atoms with E-state index < -0.39 is 0 Å². The van der Waals surface area contributed by atoms with Gasteiger partial charge in [-0.1, -0.05) is 42.5 Å². The molecule has 33 heavy (non-hydrogen) atoms. The molecule has 6 nitrogen and oxygen atoms in total. The van der Waals surface area contributed by atoms with Crippen LogP contribution in [0.15, 0.2) is 77.9 Å². The average Bonchev–Trinajstić information content (AvgIpc) is 2.85. The summed E-state index contributed by atoms with van der Waals surface area (Å²) in [5, 5.41) is 3.49. The van der Waals surface area contributed by atoms with E-state index in [0.29, 0.717) is 19.8 Å². The van der Waals surface area contributed by atoms with Crippen molar-refractivity contribution in [2.75, 3.05) is 26.7 Å². The Labute approximate surface area is 213 Å². The number of benzene rings is 2. The van der Waals surface area contributed by atoms with Crippen LogP contribution in [0.1, 0.15) is 28.5 Å². The molecule has 174 valence electrons. The minimum absolute atomic E-state index is 0. The molecule has 2 heterocycles. The van der Waals surface area contributed by atoms with Crippen LogP contribution in [-0.2, 0) is 17.9 Å². The van der Waals surface area contributed by atoms with Gasteiger partial charge in [0.1, 0.15) is 18.5 Å². The van der Waals surface area contributed by atoms with Crippen LogP contribution in [-0.4, -0.2) is 42.6 Å². The number of nitrogens with one attached hydrogen (secondary N) is 1. The Morgan fingerprint density at radius 2 is 1.91 bits per heavy atom. The van der Waals surface area contributed by atoms with E-state index >= 15 is 0 Å². The number of hydrogen-bond donors (Lipinski definition) is 1. The molecule has 4 rings (SSSR count). The zero-order chi connectivity index (χ0) is 22.2. The van der Waals surface area contributed by atoms with Gasteiger partial charge in [-0.25, -0.2) is 0 Å². The van der Waals surface area contributed by atoms with Crippen molar-refractivity contribution in [3.63, 3.8) is 0 Å². The topological polar surface area (TPSA) is 59.0 Å². The summed E-state index contributed by atoms with van der Waals surface area (Å²) in [6, 6.07) is 22.4. The second kappa shape index (κ2) is 12.6. The molecule has 3 aromatic rings. The Kier molecular flexibility index (Phi) is 9.50. The van der Waals surface area contributed by atoms with Crippen LogP contribution in [0, 0.1) is 6.92 Å². The van der Waals surface area contributed by atoms with Gasteiger partial charge in [0.25, 0.3) is 0 Å². The molecular weight excluding hydrogens is 527 g/mol. The summed E-state index contributed by atoms with van der Waals surface area (Å²) in [7, 11) is 1.83. The first kappa shape index (κ1) is 25.0.